The predicted octanol–water partition coefficient (Wildman–Crippen LogP) is 4.52. The Morgan fingerprint density at radius 3 is 2.72 bits per heavy atom. The lowest BCUT2D eigenvalue weighted by molar-refractivity contribution is 0.598. The highest BCUT2D eigenvalue weighted by Gasteiger charge is 2.09. The minimum atomic E-state index is -0.562. The first-order valence-electron chi connectivity index (χ1n) is 5.13. The van der Waals surface area contributed by atoms with Gasteiger partial charge in [-0.15, -0.1) is 11.8 Å². The zero-order chi connectivity index (χ0) is 13.1. The number of nitrogens with zero attached hydrogens (tertiary/aromatic N) is 2. The monoisotopic (exact) mass is 302 g/mol. The Morgan fingerprint density at radius 1 is 1.28 bits per heavy atom. The van der Waals surface area contributed by atoms with E-state index in [1.54, 1.807) is 13.0 Å². The Kier molecular flexibility index (Phi) is 4.43. The largest absolute Gasteiger partial charge is 0.234 e. The number of aryl methyl sites for hydroxylation is 1. The van der Waals surface area contributed by atoms with Crippen LogP contribution in [0.1, 0.15) is 11.5 Å². The van der Waals surface area contributed by atoms with Crippen LogP contribution in [-0.2, 0) is 5.75 Å². The number of aromatic nitrogens is 2. The van der Waals surface area contributed by atoms with Gasteiger partial charge in [0.05, 0.1) is 11.4 Å². The van der Waals surface area contributed by atoms with Crippen molar-refractivity contribution in [2.24, 2.45) is 0 Å². The lowest BCUT2D eigenvalue weighted by atomic mass is 10.4. The number of hydrogen-bond donors (Lipinski definition) is 0. The predicted molar refractivity (Wildman–Crippen MR) is 72.8 cm³/mol. The molecule has 0 N–H and O–H groups in total. The molecule has 0 atom stereocenters. The maximum atomic E-state index is 13.2. The molecule has 0 fully saturated rings. The van der Waals surface area contributed by atoms with Crippen molar-refractivity contribution in [2.45, 2.75) is 17.6 Å². The van der Waals surface area contributed by atoms with Crippen LogP contribution in [0.2, 0.25) is 10.2 Å². The SMILES string of the molecule is Cc1nc(CSc2cccc(Cl)c2)nc(Cl)c1F. The number of benzene rings is 1. The van der Waals surface area contributed by atoms with Gasteiger partial charge in [-0.25, -0.2) is 14.4 Å². The summed E-state index contributed by atoms with van der Waals surface area (Å²) < 4.78 is 13.2. The van der Waals surface area contributed by atoms with Crippen LogP contribution in [0.4, 0.5) is 4.39 Å². The minimum Gasteiger partial charge on any atom is -0.234 e. The fraction of sp³-hybridized carbons (Fsp3) is 0.167. The zero-order valence-electron chi connectivity index (χ0n) is 9.45. The van der Waals surface area contributed by atoms with E-state index >= 15 is 0 Å². The molecule has 0 radical (unpaired) electrons. The maximum Gasteiger partial charge on any atom is 0.181 e. The van der Waals surface area contributed by atoms with Gasteiger partial charge in [-0.05, 0) is 25.1 Å². The van der Waals surface area contributed by atoms with Gasteiger partial charge in [0.2, 0.25) is 0 Å². The van der Waals surface area contributed by atoms with E-state index in [-0.39, 0.29) is 10.8 Å². The van der Waals surface area contributed by atoms with Crippen molar-refractivity contribution in [1.29, 1.82) is 0 Å². The van der Waals surface area contributed by atoms with Gasteiger partial charge in [-0.1, -0.05) is 29.3 Å². The first-order chi connectivity index (χ1) is 8.56. The molecule has 1 aromatic heterocycles. The van der Waals surface area contributed by atoms with Gasteiger partial charge >= 0.3 is 0 Å². The molecule has 2 nitrogen and oxygen atoms in total. The molecule has 1 aromatic carbocycles. The second kappa shape index (κ2) is 5.87. The summed E-state index contributed by atoms with van der Waals surface area (Å²) in [4.78, 5) is 8.95. The van der Waals surface area contributed by atoms with E-state index in [9.17, 15) is 4.39 Å². The highest BCUT2D eigenvalue weighted by molar-refractivity contribution is 7.98. The number of rotatable bonds is 3. The van der Waals surface area contributed by atoms with E-state index in [0.29, 0.717) is 16.6 Å². The van der Waals surface area contributed by atoms with Crippen LogP contribution in [0.3, 0.4) is 0 Å². The van der Waals surface area contributed by atoms with Gasteiger partial charge < -0.3 is 0 Å². The van der Waals surface area contributed by atoms with Crippen molar-refractivity contribution >= 4 is 35.0 Å². The molecule has 0 aliphatic carbocycles. The van der Waals surface area contributed by atoms with Crippen LogP contribution >= 0.6 is 35.0 Å². The average molecular weight is 303 g/mol. The summed E-state index contributed by atoms with van der Waals surface area (Å²) >= 11 is 13.1. The van der Waals surface area contributed by atoms with Crippen molar-refractivity contribution in [3.63, 3.8) is 0 Å². The Bertz CT molecular complexity index is 555. The summed E-state index contributed by atoms with van der Waals surface area (Å²) in [6.45, 7) is 1.57. The third-order valence-electron chi connectivity index (χ3n) is 2.19. The molecule has 18 heavy (non-hydrogen) atoms. The smallest absolute Gasteiger partial charge is 0.181 e. The Hall–Kier alpha value is -0.840. The third-order valence-corrected chi connectivity index (χ3v) is 3.66. The lowest BCUT2D eigenvalue weighted by Crippen LogP contribution is -1.99. The second-order valence-corrected chi connectivity index (χ2v) is 5.42. The molecule has 0 bridgehead atoms. The van der Waals surface area contributed by atoms with Crippen molar-refractivity contribution in [3.05, 3.63) is 51.8 Å². The highest BCUT2D eigenvalue weighted by Crippen LogP contribution is 2.25. The summed E-state index contributed by atoms with van der Waals surface area (Å²) in [7, 11) is 0. The molecule has 0 aliphatic heterocycles. The zero-order valence-corrected chi connectivity index (χ0v) is 11.8. The Morgan fingerprint density at radius 2 is 2.06 bits per heavy atom. The fourth-order valence-corrected chi connectivity index (χ4v) is 2.65. The summed E-state index contributed by atoms with van der Waals surface area (Å²) in [6.07, 6.45) is 0. The molecule has 0 aliphatic rings. The molecule has 0 saturated heterocycles. The normalized spacial score (nSPS) is 10.7. The molecule has 94 valence electrons. The van der Waals surface area contributed by atoms with Crippen LogP contribution in [0.5, 0.6) is 0 Å². The fourth-order valence-electron chi connectivity index (χ4n) is 1.35. The van der Waals surface area contributed by atoms with Gasteiger partial charge in [0, 0.05) is 9.92 Å². The molecule has 2 aromatic rings. The van der Waals surface area contributed by atoms with Crippen LogP contribution in [-0.4, -0.2) is 9.97 Å². The lowest BCUT2D eigenvalue weighted by Gasteiger charge is -2.04. The van der Waals surface area contributed by atoms with Crippen molar-refractivity contribution in [1.82, 2.24) is 9.97 Å². The average Bonchev–Trinajstić information content (AvgIpc) is 2.33. The summed E-state index contributed by atoms with van der Waals surface area (Å²) in [5.41, 5.74) is 0.261. The van der Waals surface area contributed by atoms with Crippen molar-refractivity contribution in [3.8, 4) is 0 Å². The van der Waals surface area contributed by atoms with Gasteiger partial charge in [0.25, 0.3) is 0 Å². The van der Waals surface area contributed by atoms with E-state index in [4.69, 9.17) is 23.2 Å². The molecular formula is C12H9Cl2FN2S. The van der Waals surface area contributed by atoms with Crippen LogP contribution < -0.4 is 0 Å². The van der Waals surface area contributed by atoms with E-state index in [1.165, 1.54) is 11.8 Å². The molecule has 2 rings (SSSR count). The van der Waals surface area contributed by atoms with Crippen LogP contribution in [0.15, 0.2) is 29.2 Å². The van der Waals surface area contributed by atoms with Gasteiger partial charge in [0.15, 0.2) is 11.0 Å². The number of hydrogen-bond acceptors (Lipinski definition) is 3. The second-order valence-electron chi connectivity index (χ2n) is 3.58. The van der Waals surface area contributed by atoms with E-state index < -0.39 is 5.82 Å². The summed E-state index contributed by atoms with van der Waals surface area (Å²) in [6, 6.07) is 7.47. The van der Waals surface area contributed by atoms with Gasteiger partial charge in [0.1, 0.15) is 5.82 Å². The highest BCUT2D eigenvalue weighted by atomic mass is 35.5. The van der Waals surface area contributed by atoms with Crippen LogP contribution in [0.25, 0.3) is 0 Å². The van der Waals surface area contributed by atoms with Crippen LogP contribution in [0, 0.1) is 12.7 Å². The third kappa shape index (κ3) is 3.34. The van der Waals surface area contributed by atoms with E-state index in [0.717, 1.165) is 4.90 Å². The van der Waals surface area contributed by atoms with Gasteiger partial charge in [-0.3, -0.25) is 0 Å². The Balaban J connectivity index is 2.11. The number of halogens is 3. The summed E-state index contributed by atoms with van der Waals surface area (Å²) in [5.74, 6) is 0.457. The molecule has 0 saturated carbocycles. The molecule has 0 spiro atoms. The first-order valence-corrected chi connectivity index (χ1v) is 6.87. The van der Waals surface area contributed by atoms with Crippen molar-refractivity contribution < 1.29 is 4.39 Å². The van der Waals surface area contributed by atoms with Crippen molar-refractivity contribution in [2.75, 3.05) is 0 Å². The summed E-state index contributed by atoms with van der Waals surface area (Å²) in [5, 5.41) is 0.540. The molecule has 6 heteroatoms. The molecule has 0 amide bonds. The van der Waals surface area contributed by atoms with E-state index in [2.05, 4.69) is 9.97 Å². The maximum absolute atomic E-state index is 13.2. The molecule has 1 heterocycles. The Labute approximate surface area is 119 Å². The minimum absolute atomic E-state index is 0.135. The van der Waals surface area contributed by atoms with E-state index in [1.807, 2.05) is 18.2 Å². The van der Waals surface area contributed by atoms with Gasteiger partial charge in [-0.2, -0.15) is 0 Å². The first kappa shape index (κ1) is 13.6. The number of thioether (sulfide) groups is 1. The quantitative estimate of drug-likeness (QED) is 0.615. The molecular weight excluding hydrogens is 294 g/mol. The molecule has 0 unspecified atom stereocenters. The standard InChI is InChI=1S/C12H9Cl2FN2S/c1-7-11(15)12(14)17-10(16-7)6-18-9-4-2-3-8(13)5-9/h2-5H,6H2,1H3. The topological polar surface area (TPSA) is 25.8 Å².